The first-order valence-electron chi connectivity index (χ1n) is 7.12. The number of likely N-dealkylation sites (tertiary alicyclic amines) is 1. The third-order valence-electron chi connectivity index (χ3n) is 3.84. The summed E-state index contributed by atoms with van der Waals surface area (Å²) in [7, 11) is 0. The molecule has 1 heterocycles. The normalized spacial score (nSPS) is 20.7. The van der Waals surface area contributed by atoms with Crippen LogP contribution in [0.3, 0.4) is 0 Å². The van der Waals surface area contributed by atoms with Crippen molar-refractivity contribution in [2.45, 2.75) is 25.8 Å². The lowest BCUT2D eigenvalue weighted by Crippen LogP contribution is -2.43. The molecule has 120 valence electrons. The smallest absolute Gasteiger partial charge is 0.138 e. The van der Waals surface area contributed by atoms with Gasteiger partial charge in [0, 0.05) is 19.1 Å². The van der Waals surface area contributed by atoms with E-state index in [-0.39, 0.29) is 24.3 Å². The van der Waals surface area contributed by atoms with E-state index >= 15 is 0 Å². The van der Waals surface area contributed by atoms with E-state index in [4.69, 9.17) is 22.1 Å². The second kappa shape index (κ2) is 8.79. The summed E-state index contributed by atoms with van der Waals surface area (Å²) in [4.78, 5) is 2.37. The van der Waals surface area contributed by atoms with Crippen LogP contribution >= 0.6 is 24.0 Å². The monoisotopic (exact) mass is 336 g/mol. The Hall–Kier alpha value is -0.550. The molecule has 1 aromatic carbocycles. The van der Waals surface area contributed by atoms with E-state index in [0.717, 1.165) is 19.6 Å². The predicted octanol–water partition coefficient (Wildman–Crippen LogP) is 3.34. The van der Waals surface area contributed by atoms with Crippen molar-refractivity contribution in [2.24, 2.45) is 11.7 Å². The minimum absolute atomic E-state index is 0. The van der Waals surface area contributed by atoms with Crippen molar-refractivity contribution in [3.63, 3.8) is 0 Å². The summed E-state index contributed by atoms with van der Waals surface area (Å²) in [6.07, 6.45) is 2.39. The molecule has 21 heavy (non-hydrogen) atoms. The van der Waals surface area contributed by atoms with E-state index in [1.54, 1.807) is 6.07 Å². The van der Waals surface area contributed by atoms with E-state index in [1.807, 2.05) is 0 Å². The summed E-state index contributed by atoms with van der Waals surface area (Å²) in [6.45, 7) is 5.58. The molecule has 0 aromatic heterocycles. The van der Waals surface area contributed by atoms with Gasteiger partial charge in [0.15, 0.2) is 0 Å². The summed E-state index contributed by atoms with van der Waals surface area (Å²) in [5, 5.41) is 0.317. The van der Waals surface area contributed by atoms with Gasteiger partial charge in [-0.15, -0.1) is 12.4 Å². The van der Waals surface area contributed by atoms with Crippen LogP contribution in [-0.2, 0) is 0 Å². The molecule has 2 N–H and O–H groups in total. The zero-order chi connectivity index (χ0) is 14.5. The molecule has 3 nitrogen and oxygen atoms in total. The molecule has 6 heteroatoms. The summed E-state index contributed by atoms with van der Waals surface area (Å²) in [5.74, 6) is 0.755. The number of ether oxygens (including phenoxy) is 1. The predicted molar refractivity (Wildman–Crippen MR) is 87.0 cm³/mol. The molecule has 0 radical (unpaired) electrons. The fourth-order valence-corrected chi connectivity index (χ4v) is 2.82. The Morgan fingerprint density at radius 2 is 2.29 bits per heavy atom. The second-order valence-electron chi connectivity index (χ2n) is 5.49. The Kier molecular flexibility index (Phi) is 7.74. The highest BCUT2D eigenvalue weighted by atomic mass is 35.5. The summed E-state index contributed by atoms with van der Waals surface area (Å²) >= 11 is 5.92. The first-order valence-corrected chi connectivity index (χ1v) is 7.50. The van der Waals surface area contributed by atoms with E-state index < -0.39 is 0 Å². The Bertz CT molecular complexity index is 446. The van der Waals surface area contributed by atoms with Gasteiger partial charge in [-0.1, -0.05) is 11.6 Å². The van der Waals surface area contributed by atoms with Crippen LogP contribution in [0.2, 0.25) is 5.02 Å². The highest BCUT2D eigenvalue weighted by Crippen LogP contribution is 2.25. The number of halogens is 3. The van der Waals surface area contributed by atoms with E-state index in [1.165, 1.54) is 25.0 Å². The van der Waals surface area contributed by atoms with Gasteiger partial charge in [-0.05, 0) is 50.4 Å². The maximum atomic E-state index is 12.9. The highest BCUT2D eigenvalue weighted by molar-refractivity contribution is 6.32. The van der Waals surface area contributed by atoms with Crippen molar-refractivity contribution < 1.29 is 9.13 Å². The number of hydrogen-bond acceptors (Lipinski definition) is 3. The molecule has 2 rings (SSSR count). The van der Waals surface area contributed by atoms with Gasteiger partial charge in [0.25, 0.3) is 0 Å². The number of nitrogens with zero attached hydrogens (tertiary/aromatic N) is 1. The zero-order valence-electron chi connectivity index (χ0n) is 12.2. The Labute approximate surface area is 137 Å². The first-order chi connectivity index (χ1) is 9.56. The standard InChI is InChI=1S/C15H22ClFN2O.ClH/c1-11(18)12-3-2-6-19(10-12)7-8-20-15-5-4-13(17)9-14(15)16;/h4-5,9,11-12H,2-3,6-8,10,18H2,1H3;1H. The summed E-state index contributed by atoms with van der Waals surface area (Å²) in [5.41, 5.74) is 5.97. The minimum atomic E-state index is -0.349. The van der Waals surface area contributed by atoms with Crippen molar-refractivity contribution >= 4 is 24.0 Å². The lowest BCUT2D eigenvalue weighted by molar-refractivity contribution is 0.137. The van der Waals surface area contributed by atoms with Crippen molar-refractivity contribution in [1.82, 2.24) is 4.90 Å². The molecular formula is C15H23Cl2FN2O. The number of piperidine rings is 1. The van der Waals surface area contributed by atoms with Gasteiger partial charge in [0.05, 0.1) is 5.02 Å². The fraction of sp³-hybridized carbons (Fsp3) is 0.600. The average Bonchev–Trinajstić information content (AvgIpc) is 2.41. The quantitative estimate of drug-likeness (QED) is 0.896. The Morgan fingerprint density at radius 1 is 1.52 bits per heavy atom. The first kappa shape index (κ1) is 18.5. The number of nitrogens with two attached hydrogens (primary N) is 1. The van der Waals surface area contributed by atoms with Crippen LogP contribution in [0, 0.1) is 11.7 Å². The molecule has 2 unspecified atom stereocenters. The lowest BCUT2D eigenvalue weighted by atomic mass is 9.92. The average molecular weight is 337 g/mol. The molecule has 0 spiro atoms. The summed E-state index contributed by atoms with van der Waals surface area (Å²) < 4.78 is 18.5. The number of rotatable bonds is 5. The molecule has 0 saturated carbocycles. The maximum Gasteiger partial charge on any atom is 0.138 e. The molecule has 0 amide bonds. The maximum absolute atomic E-state index is 12.9. The summed E-state index contributed by atoms with van der Waals surface area (Å²) in [6, 6.07) is 4.43. The molecule has 0 bridgehead atoms. The Morgan fingerprint density at radius 3 is 2.95 bits per heavy atom. The fourth-order valence-electron chi connectivity index (χ4n) is 2.60. The van der Waals surface area contributed by atoms with Crippen molar-refractivity contribution in [3.05, 3.63) is 29.0 Å². The van der Waals surface area contributed by atoms with Crippen LogP contribution < -0.4 is 10.5 Å². The molecular weight excluding hydrogens is 314 g/mol. The van der Waals surface area contributed by atoms with Crippen LogP contribution in [0.4, 0.5) is 4.39 Å². The SMILES string of the molecule is CC(N)C1CCCN(CCOc2ccc(F)cc2Cl)C1.Cl. The molecule has 1 aromatic rings. The van der Waals surface area contributed by atoms with Crippen LogP contribution in [0.15, 0.2) is 18.2 Å². The van der Waals surface area contributed by atoms with Crippen LogP contribution in [-0.4, -0.2) is 37.2 Å². The molecule has 2 atom stereocenters. The van der Waals surface area contributed by atoms with Gasteiger partial charge in [-0.3, -0.25) is 4.90 Å². The van der Waals surface area contributed by atoms with Gasteiger partial charge >= 0.3 is 0 Å². The molecule has 1 saturated heterocycles. The van der Waals surface area contributed by atoms with Crippen LogP contribution in [0.25, 0.3) is 0 Å². The van der Waals surface area contributed by atoms with Crippen molar-refractivity contribution in [3.8, 4) is 5.75 Å². The van der Waals surface area contributed by atoms with Crippen molar-refractivity contribution in [1.29, 1.82) is 0 Å². The zero-order valence-corrected chi connectivity index (χ0v) is 13.8. The number of benzene rings is 1. The third-order valence-corrected chi connectivity index (χ3v) is 4.14. The third kappa shape index (κ3) is 5.62. The highest BCUT2D eigenvalue weighted by Gasteiger charge is 2.22. The topological polar surface area (TPSA) is 38.5 Å². The van der Waals surface area contributed by atoms with Gasteiger partial charge in [-0.25, -0.2) is 4.39 Å². The Balaban J connectivity index is 0.00000220. The molecule has 0 aliphatic carbocycles. The molecule has 1 aliphatic heterocycles. The molecule has 1 fully saturated rings. The van der Waals surface area contributed by atoms with Gasteiger partial charge in [-0.2, -0.15) is 0 Å². The second-order valence-corrected chi connectivity index (χ2v) is 5.89. The van der Waals surface area contributed by atoms with Crippen LogP contribution in [0.5, 0.6) is 5.75 Å². The van der Waals surface area contributed by atoms with Gasteiger partial charge in [0.1, 0.15) is 18.2 Å². The van der Waals surface area contributed by atoms with Gasteiger partial charge in [0.2, 0.25) is 0 Å². The molecule has 1 aliphatic rings. The van der Waals surface area contributed by atoms with Crippen LogP contribution in [0.1, 0.15) is 19.8 Å². The minimum Gasteiger partial charge on any atom is -0.491 e. The van der Waals surface area contributed by atoms with E-state index in [2.05, 4.69) is 11.8 Å². The van der Waals surface area contributed by atoms with E-state index in [9.17, 15) is 4.39 Å². The number of hydrogen-bond donors (Lipinski definition) is 1. The van der Waals surface area contributed by atoms with E-state index in [0.29, 0.717) is 23.3 Å². The lowest BCUT2D eigenvalue weighted by Gasteiger charge is -2.34. The van der Waals surface area contributed by atoms with Gasteiger partial charge < -0.3 is 10.5 Å². The largest absolute Gasteiger partial charge is 0.491 e. The van der Waals surface area contributed by atoms with Crippen molar-refractivity contribution in [2.75, 3.05) is 26.2 Å².